The molecule has 0 spiro atoms. The molecule has 1 atom stereocenters. The number of ether oxygens (including phenoxy) is 2. The molecule has 118 valence electrons. The van der Waals surface area contributed by atoms with E-state index < -0.39 is 0 Å². The number of rotatable bonds is 8. The first kappa shape index (κ1) is 16.2. The number of hydrogen-bond donors (Lipinski definition) is 1. The number of methoxy groups -OCH3 is 1. The molecule has 0 amide bonds. The largest absolute Gasteiger partial charge is 0.496 e. The maximum Gasteiger partial charge on any atom is 0.123 e. The lowest BCUT2D eigenvalue weighted by Crippen LogP contribution is -2.15. The molecule has 1 aliphatic rings. The Hall–Kier alpha value is -1.22. The maximum absolute atomic E-state index is 5.83. The van der Waals surface area contributed by atoms with Crippen LogP contribution in [-0.2, 0) is 13.0 Å². The second-order valence-corrected chi connectivity index (χ2v) is 6.47. The Bertz CT molecular complexity index is 457. The predicted molar refractivity (Wildman–Crippen MR) is 87.2 cm³/mol. The summed E-state index contributed by atoms with van der Waals surface area (Å²) in [5, 5.41) is 3.52. The van der Waals surface area contributed by atoms with Crippen molar-refractivity contribution < 1.29 is 9.47 Å². The van der Waals surface area contributed by atoms with E-state index >= 15 is 0 Å². The van der Waals surface area contributed by atoms with Gasteiger partial charge in [0.2, 0.25) is 0 Å². The predicted octanol–water partition coefficient (Wildman–Crippen LogP) is 3.93. The average Bonchev–Trinajstić information content (AvgIpc) is 2.80. The van der Waals surface area contributed by atoms with Crippen molar-refractivity contribution in [3.05, 3.63) is 23.3 Å². The summed E-state index contributed by atoms with van der Waals surface area (Å²) in [7, 11) is 1.74. The zero-order valence-electron chi connectivity index (χ0n) is 13.9. The Morgan fingerprint density at radius 2 is 2.14 bits per heavy atom. The van der Waals surface area contributed by atoms with Crippen LogP contribution in [0.1, 0.15) is 51.2 Å². The monoisotopic (exact) mass is 291 g/mol. The molecule has 0 aliphatic carbocycles. The van der Waals surface area contributed by atoms with Gasteiger partial charge in [0.15, 0.2) is 0 Å². The second kappa shape index (κ2) is 7.69. The smallest absolute Gasteiger partial charge is 0.123 e. The average molecular weight is 291 g/mol. The van der Waals surface area contributed by atoms with Crippen LogP contribution >= 0.6 is 0 Å². The fraction of sp³-hybridized carbons (Fsp3) is 0.667. The third kappa shape index (κ3) is 4.63. The molecule has 2 rings (SSSR count). The first-order valence-corrected chi connectivity index (χ1v) is 8.17. The van der Waals surface area contributed by atoms with Crippen LogP contribution in [0.3, 0.4) is 0 Å². The van der Waals surface area contributed by atoms with Crippen LogP contribution in [0.2, 0.25) is 0 Å². The first-order valence-electron chi connectivity index (χ1n) is 8.17. The fourth-order valence-electron chi connectivity index (χ4n) is 2.84. The molecule has 1 aromatic carbocycles. The molecule has 0 radical (unpaired) electrons. The summed E-state index contributed by atoms with van der Waals surface area (Å²) < 4.78 is 11.4. The van der Waals surface area contributed by atoms with Crippen LogP contribution in [0, 0.1) is 5.92 Å². The Balaban J connectivity index is 1.84. The highest BCUT2D eigenvalue weighted by molar-refractivity contribution is 5.48. The molecule has 3 heteroatoms. The standard InChI is InChI=1S/C18H29NO2/c1-13(2)7-5-6-8-19-12-16-11-18-15(9-14(3)21-18)10-17(16)20-4/h10-11,13-14,19H,5-9,12H2,1-4H3. The van der Waals surface area contributed by atoms with Crippen molar-refractivity contribution in [3.63, 3.8) is 0 Å². The van der Waals surface area contributed by atoms with E-state index in [9.17, 15) is 0 Å². The Morgan fingerprint density at radius 1 is 1.33 bits per heavy atom. The van der Waals surface area contributed by atoms with E-state index in [1.54, 1.807) is 7.11 Å². The van der Waals surface area contributed by atoms with Crippen molar-refractivity contribution in [2.75, 3.05) is 13.7 Å². The van der Waals surface area contributed by atoms with Gasteiger partial charge < -0.3 is 14.8 Å². The summed E-state index contributed by atoms with van der Waals surface area (Å²) in [6.07, 6.45) is 5.11. The number of hydrogen-bond acceptors (Lipinski definition) is 3. The second-order valence-electron chi connectivity index (χ2n) is 6.47. The van der Waals surface area contributed by atoms with Crippen molar-refractivity contribution in [2.45, 2.75) is 59.1 Å². The van der Waals surface area contributed by atoms with Gasteiger partial charge in [0.05, 0.1) is 7.11 Å². The Kier molecular flexibility index (Phi) is 5.92. The van der Waals surface area contributed by atoms with Gasteiger partial charge in [0.1, 0.15) is 17.6 Å². The van der Waals surface area contributed by atoms with E-state index in [2.05, 4.69) is 38.2 Å². The van der Waals surface area contributed by atoms with Crippen molar-refractivity contribution in [1.29, 1.82) is 0 Å². The summed E-state index contributed by atoms with van der Waals surface area (Å²) in [5.74, 6) is 2.81. The van der Waals surface area contributed by atoms with Gasteiger partial charge in [-0.2, -0.15) is 0 Å². The Morgan fingerprint density at radius 3 is 2.86 bits per heavy atom. The van der Waals surface area contributed by atoms with Gasteiger partial charge in [-0.25, -0.2) is 0 Å². The van der Waals surface area contributed by atoms with Gasteiger partial charge in [-0.3, -0.25) is 0 Å². The molecule has 0 fully saturated rings. The van der Waals surface area contributed by atoms with Gasteiger partial charge in [0, 0.05) is 24.1 Å². The fourth-order valence-corrected chi connectivity index (χ4v) is 2.84. The van der Waals surface area contributed by atoms with Crippen LogP contribution in [-0.4, -0.2) is 19.8 Å². The maximum atomic E-state index is 5.83. The molecule has 1 N–H and O–H groups in total. The number of nitrogens with one attached hydrogen (secondary N) is 1. The minimum atomic E-state index is 0.281. The molecule has 1 aromatic rings. The van der Waals surface area contributed by atoms with Crippen LogP contribution < -0.4 is 14.8 Å². The lowest BCUT2D eigenvalue weighted by Gasteiger charge is -2.12. The summed E-state index contributed by atoms with van der Waals surface area (Å²) >= 11 is 0. The highest BCUT2D eigenvalue weighted by atomic mass is 16.5. The van der Waals surface area contributed by atoms with Gasteiger partial charge in [-0.05, 0) is 37.9 Å². The van der Waals surface area contributed by atoms with Gasteiger partial charge >= 0.3 is 0 Å². The van der Waals surface area contributed by atoms with Crippen LogP contribution in [0.15, 0.2) is 12.1 Å². The zero-order chi connectivity index (χ0) is 15.2. The molecule has 21 heavy (non-hydrogen) atoms. The number of fused-ring (bicyclic) bond motifs is 1. The molecule has 0 saturated carbocycles. The Labute approximate surface area is 129 Å². The lowest BCUT2D eigenvalue weighted by atomic mass is 10.1. The molecule has 3 nitrogen and oxygen atoms in total. The topological polar surface area (TPSA) is 30.5 Å². The molecule has 1 aliphatic heterocycles. The number of benzene rings is 1. The van der Waals surface area contributed by atoms with E-state index in [1.807, 2.05) is 0 Å². The van der Waals surface area contributed by atoms with Gasteiger partial charge in [0.25, 0.3) is 0 Å². The highest BCUT2D eigenvalue weighted by Gasteiger charge is 2.21. The molecular formula is C18H29NO2. The van der Waals surface area contributed by atoms with Crippen molar-refractivity contribution in [3.8, 4) is 11.5 Å². The van der Waals surface area contributed by atoms with Crippen LogP contribution in [0.5, 0.6) is 11.5 Å². The van der Waals surface area contributed by atoms with E-state index in [1.165, 1.54) is 30.4 Å². The molecule has 1 unspecified atom stereocenters. The molecule has 0 saturated heterocycles. The van der Waals surface area contributed by atoms with Crippen LogP contribution in [0.25, 0.3) is 0 Å². The summed E-state index contributed by atoms with van der Waals surface area (Å²) in [6.45, 7) is 8.58. The SMILES string of the molecule is COc1cc2c(cc1CNCCCCC(C)C)OC(C)C2. The summed E-state index contributed by atoms with van der Waals surface area (Å²) in [5.41, 5.74) is 2.45. The van der Waals surface area contributed by atoms with Gasteiger partial charge in [-0.15, -0.1) is 0 Å². The van der Waals surface area contributed by atoms with E-state index in [0.29, 0.717) is 0 Å². The molecule has 0 aromatic heterocycles. The van der Waals surface area contributed by atoms with Crippen molar-refractivity contribution >= 4 is 0 Å². The highest BCUT2D eigenvalue weighted by Crippen LogP contribution is 2.34. The molecule has 0 bridgehead atoms. The van der Waals surface area contributed by atoms with E-state index in [4.69, 9.17) is 9.47 Å². The number of unbranched alkanes of at least 4 members (excludes halogenated alkanes) is 1. The molecule has 1 heterocycles. The third-order valence-corrected chi connectivity index (χ3v) is 4.00. The zero-order valence-corrected chi connectivity index (χ0v) is 13.9. The summed E-state index contributed by atoms with van der Waals surface area (Å²) in [4.78, 5) is 0. The van der Waals surface area contributed by atoms with Crippen molar-refractivity contribution in [2.24, 2.45) is 5.92 Å². The summed E-state index contributed by atoms with van der Waals surface area (Å²) in [6, 6.07) is 4.27. The van der Waals surface area contributed by atoms with Crippen LogP contribution in [0.4, 0.5) is 0 Å². The van der Waals surface area contributed by atoms with E-state index in [-0.39, 0.29) is 6.10 Å². The van der Waals surface area contributed by atoms with E-state index in [0.717, 1.165) is 36.9 Å². The van der Waals surface area contributed by atoms with Gasteiger partial charge in [-0.1, -0.05) is 26.7 Å². The van der Waals surface area contributed by atoms with Crippen molar-refractivity contribution in [1.82, 2.24) is 5.32 Å². The minimum Gasteiger partial charge on any atom is -0.496 e. The normalized spacial score (nSPS) is 16.9. The minimum absolute atomic E-state index is 0.281. The first-order chi connectivity index (χ1) is 10.1. The quantitative estimate of drug-likeness (QED) is 0.736. The molecular weight excluding hydrogens is 262 g/mol. The lowest BCUT2D eigenvalue weighted by molar-refractivity contribution is 0.254. The third-order valence-electron chi connectivity index (χ3n) is 4.00.